The fraction of sp³-hybridized carbons (Fsp3) is 0.167. The van der Waals surface area contributed by atoms with E-state index in [0.717, 1.165) is 6.07 Å². The number of para-hydroxylation sites is 1. The van der Waals surface area contributed by atoms with Crippen molar-refractivity contribution in [3.8, 4) is 11.5 Å². The molecule has 0 unspecified atom stereocenters. The number of rotatable bonds is 6. The van der Waals surface area contributed by atoms with Crippen molar-refractivity contribution in [2.75, 3.05) is 10.6 Å². The van der Waals surface area contributed by atoms with Gasteiger partial charge in [0.15, 0.2) is 11.7 Å². The van der Waals surface area contributed by atoms with Gasteiger partial charge < -0.3 is 15.4 Å². The van der Waals surface area contributed by atoms with Crippen LogP contribution in [-0.2, 0) is 0 Å². The van der Waals surface area contributed by atoms with Crippen molar-refractivity contribution in [2.24, 2.45) is 0 Å². The lowest BCUT2D eigenvalue weighted by atomic mass is 10.0. The average molecular weight is 564 g/mol. The van der Waals surface area contributed by atoms with Crippen LogP contribution in [0.1, 0.15) is 33.9 Å². The number of benzene rings is 2. The molecule has 0 saturated heterocycles. The normalized spacial score (nSPS) is 16.8. The van der Waals surface area contributed by atoms with Gasteiger partial charge in [-0.3, -0.25) is 14.9 Å². The van der Waals surface area contributed by atoms with Gasteiger partial charge in [-0.15, -0.1) is 11.3 Å². The minimum atomic E-state index is -4.65. The molecule has 1 aliphatic heterocycles. The van der Waals surface area contributed by atoms with E-state index in [2.05, 4.69) is 15.7 Å². The topological polar surface area (TPSA) is 111 Å². The number of aromatic nitrogens is 2. The Morgan fingerprint density at radius 3 is 2.61 bits per heavy atom. The van der Waals surface area contributed by atoms with E-state index in [9.17, 15) is 28.1 Å². The monoisotopic (exact) mass is 563 g/mol. The van der Waals surface area contributed by atoms with E-state index in [1.165, 1.54) is 23.5 Å². The summed E-state index contributed by atoms with van der Waals surface area (Å²) in [5.74, 6) is -0.623. The number of halogens is 4. The number of carbonyl (C=O) groups excluding carboxylic acids is 1. The molecule has 1 aliphatic rings. The lowest BCUT2D eigenvalue weighted by molar-refractivity contribution is -0.384. The Morgan fingerprint density at radius 1 is 1.18 bits per heavy atom. The van der Waals surface area contributed by atoms with Crippen LogP contribution >= 0.6 is 22.9 Å². The number of amides is 1. The second-order valence-corrected chi connectivity index (χ2v) is 9.66. The number of non-ortho nitro benzene ring substituents is 1. The fourth-order valence-corrected chi connectivity index (χ4v) is 5.10. The Labute approximate surface area is 221 Å². The van der Waals surface area contributed by atoms with E-state index in [1.807, 2.05) is 0 Å². The molecule has 0 spiro atoms. The highest BCUT2D eigenvalue weighted by atomic mass is 35.5. The van der Waals surface area contributed by atoms with Crippen LogP contribution in [0.5, 0.6) is 11.5 Å². The Morgan fingerprint density at radius 2 is 1.95 bits per heavy atom. The first-order chi connectivity index (χ1) is 18.1. The second kappa shape index (κ2) is 9.99. The molecule has 2 atom stereocenters. The molecule has 9 nitrogen and oxygen atoms in total. The lowest BCUT2D eigenvalue weighted by Gasteiger charge is -2.32. The van der Waals surface area contributed by atoms with Gasteiger partial charge in [0, 0.05) is 23.4 Å². The maximum absolute atomic E-state index is 14.0. The summed E-state index contributed by atoms with van der Waals surface area (Å²) in [7, 11) is 0. The molecule has 4 aromatic rings. The van der Waals surface area contributed by atoms with Crippen LogP contribution in [0.4, 0.5) is 30.4 Å². The minimum absolute atomic E-state index is 0.0334. The summed E-state index contributed by atoms with van der Waals surface area (Å²) in [6.07, 6.45) is -5.00. The molecule has 196 valence electrons. The van der Waals surface area contributed by atoms with Crippen molar-refractivity contribution < 1.29 is 27.6 Å². The highest BCUT2D eigenvalue weighted by molar-refractivity contribution is 7.10. The molecule has 0 radical (unpaired) electrons. The fourth-order valence-electron chi connectivity index (χ4n) is 4.05. The number of nitrogens with one attached hydrogen (secondary N) is 2. The Kier molecular flexibility index (Phi) is 6.71. The number of alkyl halides is 3. The summed E-state index contributed by atoms with van der Waals surface area (Å²) in [5, 5.41) is 22.2. The number of thiophene rings is 1. The van der Waals surface area contributed by atoms with Crippen molar-refractivity contribution in [1.29, 1.82) is 0 Å². The Hall–Kier alpha value is -4.10. The maximum Gasteiger partial charge on any atom is 0.410 e. The Bertz CT molecular complexity index is 1490. The number of nitrogens with zero attached hydrogens (tertiary/aromatic N) is 3. The molecular weight excluding hydrogens is 547 g/mol. The van der Waals surface area contributed by atoms with Gasteiger partial charge in [0.05, 0.1) is 22.7 Å². The molecule has 5 rings (SSSR count). The summed E-state index contributed by atoms with van der Waals surface area (Å²) in [6.45, 7) is 0. The third-order valence-corrected chi connectivity index (χ3v) is 7.08. The smallest absolute Gasteiger partial charge is 0.410 e. The first-order valence-corrected chi connectivity index (χ1v) is 12.3. The number of nitro groups is 1. The highest BCUT2D eigenvalue weighted by Gasteiger charge is 2.48. The summed E-state index contributed by atoms with van der Waals surface area (Å²) in [4.78, 5) is 24.5. The molecule has 0 fully saturated rings. The first kappa shape index (κ1) is 25.5. The number of fused-ring (bicyclic) bond motifs is 1. The highest BCUT2D eigenvalue weighted by Crippen LogP contribution is 2.47. The molecule has 0 aliphatic carbocycles. The van der Waals surface area contributed by atoms with E-state index in [0.29, 0.717) is 15.3 Å². The number of hydrogen-bond acceptors (Lipinski definition) is 7. The van der Waals surface area contributed by atoms with Crippen LogP contribution in [0.15, 0.2) is 66.0 Å². The summed E-state index contributed by atoms with van der Waals surface area (Å²) in [6, 6.07) is 12.8. The van der Waals surface area contributed by atoms with Gasteiger partial charge >= 0.3 is 6.18 Å². The molecule has 14 heteroatoms. The van der Waals surface area contributed by atoms with Gasteiger partial charge in [-0.25, -0.2) is 4.68 Å². The van der Waals surface area contributed by atoms with Crippen LogP contribution in [0.25, 0.3) is 0 Å². The molecule has 0 bridgehead atoms. The summed E-state index contributed by atoms with van der Waals surface area (Å²) in [5.41, 5.74) is -0.872. The molecular formula is C24H17ClF3N5O4S. The zero-order chi connectivity index (χ0) is 27.0. The van der Waals surface area contributed by atoms with Crippen LogP contribution < -0.4 is 15.4 Å². The molecule has 38 heavy (non-hydrogen) atoms. The van der Waals surface area contributed by atoms with Crippen LogP contribution in [0.2, 0.25) is 5.02 Å². The van der Waals surface area contributed by atoms with E-state index in [1.54, 1.807) is 47.8 Å². The van der Waals surface area contributed by atoms with E-state index < -0.39 is 34.8 Å². The zero-order valence-electron chi connectivity index (χ0n) is 19.1. The summed E-state index contributed by atoms with van der Waals surface area (Å²) >= 11 is 7.66. The van der Waals surface area contributed by atoms with Crippen molar-refractivity contribution in [3.63, 3.8) is 0 Å². The molecule has 1 amide bonds. The number of nitro benzene ring substituents is 1. The molecule has 2 aromatic carbocycles. The standard InChI is InChI=1S/C24H17ClF3N5O4S/c25-20-21(31-32-19(24(26,27)28)12-17(30-22(20)32)18-7-4-8-38-18)23(34)29-13-9-14(33(35)36)11-16(10-13)37-15-5-2-1-3-6-15/h1-11,17,19,30H,12H2,(H,29,34)/t17-,19-/m0/s1. The van der Waals surface area contributed by atoms with Crippen molar-refractivity contribution in [1.82, 2.24) is 9.78 Å². The van der Waals surface area contributed by atoms with Crippen molar-refractivity contribution >= 4 is 46.0 Å². The quantitative estimate of drug-likeness (QED) is 0.189. The zero-order valence-corrected chi connectivity index (χ0v) is 20.7. The molecule has 2 aromatic heterocycles. The average Bonchev–Trinajstić information content (AvgIpc) is 3.52. The summed E-state index contributed by atoms with van der Waals surface area (Å²) < 4.78 is 48.2. The third-order valence-electron chi connectivity index (χ3n) is 5.74. The SMILES string of the molecule is O=C(Nc1cc(Oc2ccccc2)cc([N+](=O)[O-])c1)c1nn2c(c1Cl)N[C@H](c1cccs1)C[C@H]2C(F)(F)F. The predicted molar refractivity (Wildman–Crippen MR) is 135 cm³/mol. The largest absolute Gasteiger partial charge is 0.457 e. The van der Waals surface area contributed by atoms with Gasteiger partial charge in [-0.05, 0) is 23.6 Å². The van der Waals surface area contributed by atoms with Gasteiger partial charge in [0.25, 0.3) is 11.6 Å². The lowest BCUT2D eigenvalue weighted by Crippen LogP contribution is -2.35. The number of carbonyl (C=O) groups is 1. The van der Waals surface area contributed by atoms with Crippen molar-refractivity contribution in [2.45, 2.75) is 24.7 Å². The van der Waals surface area contributed by atoms with E-state index >= 15 is 0 Å². The van der Waals surface area contributed by atoms with Gasteiger partial charge in [0.2, 0.25) is 0 Å². The molecule has 0 saturated carbocycles. The minimum Gasteiger partial charge on any atom is -0.457 e. The third kappa shape index (κ3) is 5.15. The van der Waals surface area contributed by atoms with Crippen LogP contribution in [0, 0.1) is 10.1 Å². The van der Waals surface area contributed by atoms with E-state index in [4.69, 9.17) is 16.3 Å². The van der Waals surface area contributed by atoms with Gasteiger partial charge in [-0.1, -0.05) is 35.9 Å². The number of ether oxygens (including phenoxy) is 1. The second-order valence-electron chi connectivity index (χ2n) is 8.30. The molecule has 3 heterocycles. The number of hydrogen-bond donors (Lipinski definition) is 2. The molecule has 2 N–H and O–H groups in total. The van der Waals surface area contributed by atoms with Crippen LogP contribution in [-0.4, -0.2) is 26.8 Å². The maximum atomic E-state index is 14.0. The predicted octanol–water partition coefficient (Wildman–Crippen LogP) is 7.21. The van der Waals surface area contributed by atoms with Crippen LogP contribution in [0.3, 0.4) is 0 Å². The van der Waals surface area contributed by atoms with Gasteiger partial charge in [0.1, 0.15) is 22.3 Å². The van der Waals surface area contributed by atoms with Crippen molar-refractivity contribution in [3.05, 3.63) is 91.8 Å². The Balaban J connectivity index is 1.46. The number of anilines is 2. The first-order valence-electron chi connectivity index (χ1n) is 11.1. The van der Waals surface area contributed by atoms with E-state index in [-0.39, 0.29) is 34.4 Å². The van der Waals surface area contributed by atoms with Gasteiger partial charge in [-0.2, -0.15) is 18.3 Å².